The first-order chi connectivity index (χ1) is 12.4. The van der Waals surface area contributed by atoms with Gasteiger partial charge in [-0.25, -0.2) is 4.79 Å². The maximum Gasteiger partial charge on any atom is 0.322 e. The molecule has 0 bridgehead atoms. The fraction of sp³-hybridized carbons (Fsp3) is 0.444. The predicted octanol–water partition coefficient (Wildman–Crippen LogP) is 1.03. The summed E-state index contributed by atoms with van der Waals surface area (Å²) in [5, 5.41) is 7.24. The SMILES string of the molecule is CC(OC(=O)CCC1NC(=O)NC1=O)C(=O)Nc1ccc2c(c1)CCC2. The maximum atomic E-state index is 12.2. The smallest absolute Gasteiger partial charge is 0.322 e. The molecule has 1 heterocycles. The number of amides is 4. The third kappa shape index (κ3) is 4.19. The van der Waals surface area contributed by atoms with Crippen LogP contribution in [-0.4, -0.2) is 36.0 Å². The zero-order chi connectivity index (χ0) is 18.7. The van der Waals surface area contributed by atoms with E-state index in [0.29, 0.717) is 5.69 Å². The molecule has 1 aromatic carbocycles. The van der Waals surface area contributed by atoms with Crippen LogP contribution in [0.15, 0.2) is 18.2 Å². The number of aryl methyl sites for hydroxylation is 2. The number of esters is 1. The van der Waals surface area contributed by atoms with Crippen molar-refractivity contribution in [1.29, 1.82) is 0 Å². The van der Waals surface area contributed by atoms with Gasteiger partial charge in [-0.15, -0.1) is 0 Å². The van der Waals surface area contributed by atoms with E-state index in [9.17, 15) is 19.2 Å². The van der Waals surface area contributed by atoms with Crippen molar-refractivity contribution in [2.75, 3.05) is 5.32 Å². The molecule has 1 fully saturated rings. The molecule has 1 aliphatic carbocycles. The molecule has 3 rings (SSSR count). The second kappa shape index (κ2) is 7.55. The summed E-state index contributed by atoms with van der Waals surface area (Å²) in [7, 11) is 0. The van der Waals surface area contributed by atoms with Crippen LogP contribution < -0.4 is 16.0 Å². The van der Waals surface area contributed by atoms with E-state index in [1.54, 1.807) is 0 Å². The minimum absolute atomic E-state index is 0.0746. The van der Waals surface area contributed by atoms with Crippen molar-refractivity contribution in [3.05, 3.63) is 29.3 Å². The predicted molar refractivity (Wildman–Crippen MR) is 92.3 cm³/mol. The van der Waals surface area contributed by atoms with Gasteiger partial charge in [-0.05, 0) is 55.9 Å². The third-order valence-electron chi connectivity index (χ3n) is 4.54. The Kier molecular flexibility index (Phi) is 5.20. The largest absolute Gasteiger partial charge is 0.453 e. The van der Waals surface area contributed by atoms with Gasteiger partial charge in [0.2, 0.25) is 0 Å². The molecule has 4 amide bonds. The van der Waals surface area contributed by atoms with Crippen molar-refractivity contribution in [2.45, 2.75) is 51.2 Å². The lowest BCUT2D eigenvalue weighted by molar-refractivity contribution is -0.153. The quantitative estimate of drug-likeness (QED) is 0.519. The van der Waals surface area contributed by atoms with Gasteiger partial charge in [-0.1, -0.05) is 6.07 Å². The number of carbonyl (C=O) groups is 4. The molecule has 1 aromatic rings. The monoisotopic (exact) mass is 359 g/mol. The lowest BCUT2D eigenvalue weighted by Crippen LogP contribution is -2.32. The topological polar surface area (TPSA) is 114 Å². The summed E-state index contributed by atoms with van der Waals surface area (Å²) in [5.41, 5.74) is 3.23. The highest BCUT2D eigenvalue weighted by molar-refractivity contribution is 6.04. The Morgan fingerprint density at radius 1 is 1.27 bits per heavy atom. The molecule has 1 saturated heterocycles. The van der Waals surface area contributed by atoms with Gasteiger partial charge in [0, 0.05) is 12.1 Å². The van der Waals surface area contributed by atoms with Gasteiger partial charge in [-0.2, -0.15) is 0 Å². The van der Waals surface area contributed by atoms with Crippen LogP contribution in [-0.2, 0) is 32.0 Å². The maximum absolute atomic E-state index is 12.2. The van der Waals surface area contributed by atoms with Crippen molar-refractivity contribution in [3.8, 4) is 0 Å². The van der Waals surface area contributed by atoms with Crippen LogP contribution in [0.1, 0.15) is 37.3 Å². The molecular formula is C18H21N3O5. The van der Waals surface area contributed by atoms with Crippen LogP contribution in [0.4, 0.5) is 10.5 Å². The molecule has 0 radical (unpaired) electrons. The lowest BCUT2D eigenvalue weighted by atomic mass is 10.1. The number of anilines is 1. The number of urea groups is 1. The van der Waals surface area contributed by atoms with Crippen molar-refractivity contribution in [2.24, 2.45) is 0 Å². The van der Waals surface area contributed by atoms with Gasteiger partial charge in [0.15, 0.2) is 6.10 Å². The number of hydrogen-bond donors (Lipinski definition) is 3. The molecule has 8 nitrogen and oxygen atoms in total. The van der Waals surface area contributed by atoms with E-state index >= 15 is 0 Å². The normalized spacial score (nSPS) is 19.3. The zero-order valence-electron chi connectivity index (χ0n) is 14.5. The second-order valence-corrected chi connectivity index (χ2v) is 6.51. The van der Waals surface area contributed by atoms with Crippen molar-refractivity contribution < 1.29 is 23.9 Å². The number of hydrogen-bond acceptors (Lipinski definition) is 5. The summed E-state index contributed by atoms with van der Waals surface area (Å²) >= 11 is 0. The van der Waals surface area contributed by atoms with Crippen LogP contribution in [0.25, 0.3) is 0 Å². The number of fused-ring (bicyclic) bond motifs is 1. The first kappa shape index (κ1) is 17.9. The van der Waals surface area contributed by atoms with E-state index in [0.717, 1.165) is 19.3 Å². The minimum Gasteiger partial charge on any atom is -0.453 e. The van der Waals surface area contributed by atoms with Crippen LogP contribution in [0.2, 0.25) is 0 Å². The fourth-order valence-corrected chi connectivity index (χ4v) is 3.13. The van der Waals surface area contributed by atoms with Crippen molar-refractivity contribution >= 4 is 29.5 Å². The van der Waals surface area contributed by atoms with Crippen LogP contribution >= 0.6 is 0 Å². The summed E-state index contributed by atoms with van der Waals surface area (Å²) in [4.78, 5) is 46.5. The molecule has 3 N–H and O–H groups in total. The average molecular weight is 359 g/mol. The van der Waals surface area contributed by atoms with Gasteiger partial charge in [0.05, 0.1) is 0 Å². The van der Waals surface area contributed by atoms with E-state index in [-0.39, 0.29) is 12.8 Å². The summed E-state index contributed by atoms with van der Waals surface area (Å²) in [5.74, 6) is -1.48. The number of nitrogens with one attached hydrogen (secondary N) is 3. The number of imide groups is 1. The number of rotatable bonds is 6. The Morgan fingerprint density at radius 3 is 2.77 bits per heavy atom. The number of benzene rings is 1. The van der Waals surface area contributed by atoms with E-state index in [4.69, 9.17) is 4.74 Å². The molecule has 0 saturated carbocycles. The third-order valence-corrected chi connectivity index (χ3v) is 4.54. The minimum atomic E-state index is -0.956. The first-order valence-electron chi connectivity index (χ1n) is 8.66. The zero-order valence-corrected chi connectivity index (χ0v) is 14.5. The standard InChI is InChI=1S/C18H21N3O5/c1-10(26-15(22)8-7-14-17(24)21-18(25)20-14)16(23)19-13-6-5-11-3-2-4-12(11)9-13/h5-6,9-10,14H,2-4,7-8H2,1H3,(H,19,23)(H2,20,21,24,25). The molecule has 2 atom stereocenters. The fourth-order valence-electron chi connectivity index (χ4n) is 3.13. The Hall–Kier alpha value is -2.90. The summed E-state index contributed by atoms with van der Waals surface area (Å²) in [6.45, 7) is 1.49. The molecule has 138 valence electrons. The molecule has 26 heavy (non-hydrogen) atoms. The Morgan fingerprint density at radius 2 is 2.04 bits per heavy atom. The van der Waals surface area contributed by atoms with Gasteiger partial charge >= 0.3 is 12.0 Å². The number of ether oxygens (including phenoxy) is 1. The molecule has 1 aliphatic heterocycles. The van der Waals surface area contributed by atoms with Gasteiger partial charge in [-0.3, -0.25) is 19.7 Å². The van der Waals surface area contributed by atoms with E-state index in [2.05, 4.69) is 16.0 Å². The van der Waals surface area contributed by atoms with E-state index in [1.807, 2.05) is 18.2 Å². The molecule has 8 heteroatoms. The van der Waals surface area contributed by atoms with Gasteiger partial charge in [0.1, 0.15) is 6.04 Å². The summed E-state index contributed by atoms with van der Waals surface area (Å²) < 4.78 is 5.10. The van der Waals surface area contributed by atoms with Crippen molar-refractivity contribution in [1.82, 2.24) is 10.6 Å². The average Bonchev–Trinajstić information content (AvgIpc) is 3.18. The van der Waals surface area contributed by atoms with Crippen LogP contribution in [0.5, 0.6) is 0 Å². The molecule has 2 aliphatic rings. The highest BCUT2D eigenvalue weighted by Gasteiger charge is 2.30. The van der Waals surface area contributed by atoms with Crippen molar-refractivity contribution in [3.63, 3.8) is 0 Å². The van der Waals surface area contributed by atoms with Gasteiger partial charge in [0.25, 0.3) is 11.8 Å². The highest BCUT2D eigenvalue weighted by atomic mass is 16.5. The summed E-state index contributed by atoms with van der Waals surface area (Å²) in [6.07, 6.45) is 2.29. The Balaban J connectivity index is 1.45. The molecule has 0 aromatic heterocycles. The molecular weight excluding hydrogens is 338 g/mol. The summed E-state index contributed by atoms with van der Waals surface area (Å²) in [6, 6.07) is 4.49. The van der Waals surface area contributed by atoms with Crippen LogP contribution in [0, 0.1) is 0 Å². The molecule has 2 unspecified atom stereocenters. The highest BCUT2D eigenvalue weighted by Crippen LogP contribution is 2.25. The Labute approximate surface area is 150 Å². The van der Waals surface area contributed by atoms with Gasteiger partial charge < -0.3 is 15.4 Å². The second-order valence-electron chi connectivity index (χ2n) is 6.51. The molecule has 0 spiro atoms. The van der Waals surface area contributed by atoms with E-state index in [1.165, 1.54) is 18.1 Å². The van der Waals surface area contributed by atoms with Crippen LogP contribution in [0.3, 0.4) is 0 Å². The first-order valence-corrected chi connectivity index (χ1v) is 8.66. The van der Waals surface area contributed by atoms with E-state index < -0.39 is 36.0 Å². The Bertz CT molecular complexity index is 761. The lowest BCUT2D eigenvalue weighted by Gasteiger charge is -2.14. The number of carbonyl (C=O) groups excluding carboxylic acids is 4.